The van der Waals surface area contributed by atoms with Crippen LogP contribution in [0.15, 0.2) is 12.1 Å². The summed E-state index contributed by atoms with van der Waals surface area (Å²) in [5.74, 6) is 0.331. The van der Waals surface area contributed by atoms with Gasteiger partial charge in [-0.3, -0.25) is 5.41 Å². The highest BCUT2D eigenvalue weighted by Gasteiger charge is 2.34. The van der Waals surface area contributed by atoms with Crippen molar-refractivity contribution in [2.45, 2.75) is 25.4 Å². The summed E-state index contributed by atoms with van der Waals surface area (Å²) in [7, 11) is 1.69. The van der Waals surface area contributed by atoms with Gasteiger partial charge in [0.05, 0.1) is 5.56 Å². The Balaban J connectivity index is 2.32. The number of amidine groups is 1. The number of nitrogens with zero attached hydrogens (tertiary/aromatic N) is 2. The first kappa shape index (κ1) is 14.6. The third-order valence-corrected chi connectivity index (χ3v) is 3.57. The largest absolute Gasteiger partial charge is 0.433 e. The highest BCUT2D eigenvalue weighted by atomic mass is 19.4. The van der Waals surface area contributed by atoms with E-state index in [9.17, 15) is 13.2 Å². The number of nitrogens with two attached hydrogens (primary N) is 1. The van der Waals surface area contributed by atoms with Gasteiger partial charge in [-0.15, -0.1) is 0 Å². The minimum Gasteiger partial charge on any atom is -0.384 e. The number of rotatable bonds is 4. The standard InChI is InChI=1S/C13H17F3N4/c1-20(7-8-3-2-4-8)12-9(11(17)18)5-6-10(19-12)13(14,15)16/h5-6,8H,2-4,7H2,1H3,(H3,17,18). The lowest BCUT2D eigenvalue weighted by atomic mass is 9.85. The van der Waals surface area contributed by atoms with Gasteiger partial charge < -0.3 is 10.6 Å². The lowest BCUT2D eigenvalue weighted by Gasteiger charge is -2.31. The molecule has 7 heteroatoms. The number of aromatic nitrogens is 1. The molecule has 0 aromatic carbocycles. The third-order valence-electron chi connectivity index (χ3n) is 3.57. The van der Waals surface area contributed by atoms with Gasteiger partial charge in [0, 0.05) is 13.6 Å². The molecule has 1 aliphatic rings. The van der Waals surface area contributed by atoms with E-state index in [2.05, 4.69) is 4.98 Å². The predicted molar refractivity (Wildman–Crippen MR) is 70.9 cm³/mol. The van der Waals surface area contributed by atoms with Crippen molar-refractivity contribution in [2.75, 3.05) is 18.5 Å². The maximum atomic E-state index is 12.7. The maximum Gasteiger partial charge on any atom is 0.433 e. The molecule has 0 unspecified atom stereocenters. The Hall–Kier alpha value is -1.79. The predicted octanol–water partition coefficient (Wildman–Crippen LogP) is 2.62. The number of alkyl halides is 3. The quantitative estimate of drug-likeness (QED) is 0.660. The number of nitrogens with one attached hydrogen (secondary N) is 1. The average Bonchev–Trinajstić information content (AvgIpc) is 2.31. The number of nitrogen functional groups attached to an aromatic ring is 1. The van der Waals surface area contributed by atoms with Crippen molar-refractivity contribution < 1.29 is 13.2 Å². The van der Waals surface area contributed by atoms with E-state index in [1.807, 2.05) is 0 Å². The average molecular weight is 286 g/mol. The zero-order valence-electron chi connectivity index (χ0n) is 11.2. The molecule has 0 amide bonds. The van der Waals surface area contributed by atoms with Crippen molar-refractivity contribution in [2.24, 2.45) is 11.7 Å². The second kappa shape index (κ2) is 5.30. The van der Waals surface area contributed by atoms with Crippen molar-refractivity contribution in [3.8, 4) is 0 Å². The van der Waals surface area contributed by atoms with Crippen molar-refractivity contribution in [3.05, 3.63) is 23.4 Å². The van der Waals surface area contributed by atoms with Crippen LogP contribution in [0.1, 0.15) is 30.5 Å². The first-order chi connectivity index (χ1) is 9.29. The van der Waals surface area contributed by atoms with Gasteiger partial charge in [-0.05, 0) is 30.9 Å². The number of halogens is 3. The molecule has 4 nitrogen and oxygen atoms in total. The van der Waals surface area contributed by atoms with Gasteiger partial charge in [-0.1, -0.05) is 6.42 Å². The molecule has 3 N–H and O–H groups in total. The molecule has 2 rings (SSSR count). The van der Waals surface area contributed by atoms with E-state index < -0.39 is 11.9 Å². The second-order valence-corrected chi connectivity index (χ2v) is 5.16. The maximum absolute atomic E-state index is 12.7. The molecule has 110 valence electrons. The third kappa shape index (κ3) is 3.02. The molecule has 0 saturated heterocycles. The number of hydrogen-bond acceptors (Lipinski definition) is 3. The van der Waals surface area contributed by atoms with E-state index in [1.165, 1.54) is 6.07 Å². The molecule has 1 aromatic heterocycles. The Labute approximate surface area is 115 Å². The molecule has 0 bridgehead atoms. The van der Waals surface area contributed by atoms with Crippen LogP contribution in [0.3, 0.4) is 0 Å². The summed E-state index contributed by atoms with van der Waals surface area (Å²) < 4.78 is 38.2. The highest BCUT2D eigenvalue weighted by molar-refractivity contribution is 5.99. The lowest BCUT2D eigenvalue weighted by Crippen LogP contribution is -2.32. The molecule has 0 radical (unpaired) electrons. The zero-order valence-corrected chi connectivity index (χ0v) is 11.2. The normalized spacial score (nSPS) is 15.8. The fourth-order valence-corrected chi connectivity index (χ4v) is 2.26. The summed E-state index contributed by atoms with van der Waals surface area (Å²) in [6.07, 6.45) is -1.17. The number of anilines is 1. The summed E-state index contributed by atoms with van der Waals surface area (Å²) >= 11 is 0. The van der Waals surface area contributed by atoms with Gasteiger partial charge in [-0.2, -0.15) is 13.2 Å². The SMILES string of the molecule is CN(CC1CCC1)c1nc(C(F)(F)F)ccc1C(=N)N. The van der Waals surface area contributed by atoms with Gasteiger partial charge in [0.1, 0.15) is 17.3 Å². The van der Waals surface area contributed by atoms with E-state index in [1.54, 1.807) is 11.9 Å². The number of pyridine rings is 1. The van der Waals surface area contributed by atoms with Gasteiger partial charge in [0.25, 0.3) is 0 Å². The van der Waals surface area contributed by atoms with Crippen LogP contribution in [0, 0.1) is 11.3 Å². The minimum atomic E-state index is -4.50. The minimum absolute atomic E-state index is 0.124. The van der Waals surface area contributed by atoms with Crippen molar-refractivity contribution in [1.82, 2.24) is 4.98 Å². The van der Waals surface area contributed by atoms with Gasteiger partial charge >= 0.3 is 6.18 Å². The van der Waals surface area contributed by atoms with Gasteiger partial charge in [0.2, 0.25) is 0 Å². The van der Waals surface area contributed by atoms with Crippen LogP contribution in [-0.2, 0) is 6.18 Å². The summed E-state index contributed by atoms with van der Waals surface area (Å²) in [5, 5.41) is 7.47. The summed E-state index contributed by atoms with van der Waals surface area (Å²) in [4.78, 5) is 5.32. The van der Waals surface area contributed by atoms with E-state index >= 15 is 0 Å². The van der Waals surface area contributed by atoms with Crippen molar-refractivity contribution >= 4 is 11.7 Å². The van der Waals surface area contributed by atoms with Crippen LogP contribution in [0.4, 0.5) is 19.0 Å². The smallest absolute Gasteiger partial charge is 0.384 e. The summed E-state index contributed by atoms with van der Waals surface area (Å²) in [6, 6.07) is 2.07. The van der Waals surface area contributed by atoms with Crippen molar-refractivity contribution in [1.29, 1.82) is 5.41 Å². The molecule has 0 atom stereocenters. The van der Waals surface area contributed by atoms with E-state index in [0.717, 1.165) is 25.3 Å². The van der Waals surface area contributed by atoms with Gasteiger partial charge in [0.15, 0.2) is 0 Å². The Morgan fingerprint density at radius 2 is 2.10 bits per heavy atom. The molecule has 1 fully saturated rings. The Bertz CT molecular complexity index is 509. The lowest BCUT2D eigenvalue weighted by molar-refractivity contribution is -0.141. The molecule has 1 saturated carbocycles. The first-order valence-corrected chi connectivity index (χ1v) is 6.43. The highest BCUT2D eigenvalue weighted by Crippen LogP contribution is 2.32. The monoisotopic (exact) mass is 286 g/mol. The Morgan fingerprint density at radius 1 is 1.45 bits per heavy atom. The van der Waals surface area contributed by atoms with Crippen LogP contribution in [-0.4, -0.2) is 24.4 Å². The van der Waals surface area contributed by atoms with Gasteiger partial charge in [-0.25, -0.2) is 4.98 Å². The van der Waals surface area contributed by atoms with Crippen LogP contribution < -0.4 is 10.6 Å². The van der Waals surface area contributed by atoms with E-state index in [0.29, 0.717) is 12.5 Å². The molecule has 1 heterocycles. The Kier molecular flexibility index (Phi) is 3.87. The van der Waals surface area contributed by atoms with Crippen LogP contribution in [0.2, 0.25) is 0 Å². The van der Waals surface area contributed by atoms with Crippen LogP contribution in [0.5, 0.6) is 0 Å². The Morgan fingerprint density at radius 3 is 2.55 bits per heavy atom. The molecule has 0 aliphatic heterocycles. The first-order valence-electron chi connectivity index (χ1n) is 6.43. The number of hydrogen-bond donors (Lipinski definition) is 2. The molecule has 1 aliphatic carbocycles. The van der Waals surface area contributed by atoms with E-state index in [4.69, 9.17) is 11.1 Å². The summed E-state index contributed by atoms with van der Waals surface area (Å²) in [5.41, 5.74) is 4.70. The van der Waals surface area contributed by atoms with Crippen LogP contribution >= 0.6 is 0 Å². The fourth-order valence-electron chi connectivity index (χ4n) is 2.26. The topological polar surface area (TPSA) is 66.0 Å². The van der Waals surface area contributed by atoms with Crippen molar-refractivity contribution in [3.63, 3.8) is 0 Å². The molecular formula is C13H17F3N4. The summed E-state index contributed by atoms with van der Waals surface area (Å²) in [6.45, 7) is 0.634. The molecular weight excluding hydrogens is 269 g/mol. The fraction of sp³-hybridized carbons (Fsp3) is 0.538. The molecule has 20 heavy (non-hydrogen) atoms. The molecule has 0 spiro atoms. The zero-order chi connectivity index (χ0) is 14.9. The molecule has 1 aromatic rings. The van der Waals surface area contributed by atoms with Crippen LogP contribution in [0.25, 0.3) is 0 Å². The second-order valence-electron chi connectivity index (χ2n) is 5.16. The van der Waals surface area contributed by atoms with E-state index in [-0.39, 0.29) is 17.2 Å².